The lowest BCUT2D eigenvalue weighted by atomic mass is 9.98. The van der Waals surface area contributed by atoms with Gasteiger partial charge in [-0.25, -0.2) is 4.39 Å². The quantitative estimate of drug-likeness (QED) is 0.731. The summed E-state index contributed by atoms with van der Waals surface area (Å²) in [5.74, 6) is -0.477. The van der Waals surface area contributed by atoms with Crippen molar-refractivity contribution in [2.45, 2.75) is 6.42 Å². The van der Waals surface area contributed by atoms with Crippen LogP contribution >= 0.6 is 23.2 Å². The molecule has 0 aliphatic carbocycles. The summed E-state index contributed by atoms with van der Waals surface area (Å²) in [5.41, 5.74) is 8.20. The SMILES string of the molecule is NC(=O)[C@H](CNCC1=Cc2cc(Cl)cc(Cl)c2OC1)Cc1ccc(F)cc1. The Bertz CT molecular complexity index is 869. The fraction of sp³-hybridized carbons (Fsp3) is 0.250. The monoisotopic (exact) mass is 408 g/mol. The number of rotatable bonds is 7. The van der Waals surface area contributed by atoms with Gasteiger partial charge in [0.1, 0.15) is 18.2 Å². The molecule has 4 nitrogen and oxygen atoms in total. The molecule has 0 spiro atoms. The van der Waals surface area contributed by atoms with E-state index in [0.29, 0.717) is 41.9 Å². The third kappa shape index (κ3) is 5.22. The summed E-state index contributed by atoms with van der Waals surface area (Å²) in [6.07, 6.45) is 2.43. The normalized spacial score (nSPS) is 14.1. The lowest BCUT2D eigenvalue weighted by Gasteiger charge is -2.21. The highest BCUT2D eigenvalue weighted by Gasteiger charge is 2.18. The standard InChI is InChI=1S/C20H19Cl2FN2O2/c21-16-7-14-6-13(11-27-19(14)18(22)8-16)9-25-10-15(20(24)26)5-12-1-3-17(23)4-2-12/h1-4,6-8,15,25H,5,9-11H2,(H2,24,26)/t15-/m0/s1. The molecule has 7 heteroatoms. The number of fused-ring (bicyclic) bond motifs is 1. The molecule has 27 heavy (non-hydrogen) atoms. The highest BCUT2D eigenvalue weighted by atomic mass is 35.5. The van der Waals surface area contributed by atoms with Crippen LogP contribution in [0, 0.1) is 11.7 Å². The number of benzene rings is 2. The predicted octanol–water partition coefficient (Wildman–Crippen LogP) is 3.84. The summed E-state index contributed by atoms with van der Waals surface area (Å²) in [5, 5.41) is 4.26. The maximum absolute atomic E-state index is 13.0. The lowest BCUT2D eigenvalue weighted by Crippen LogP contribution is -2.35. The summed E-state index contributed by atoms with van der Waals surface area (Å²) < 4.78 is 18.7. The average Bonchev–Trinajstić information content (AvgIpc) is 2.62. The van der Waals surface area contributed by atoms with E-state index in [9.17, 15) is 9.18 Å². The Morgan fingerprint density at radius 3 is 2.70 bits per heavy atom. The minimum atomic E-state index is -0.399. The summed E-state index contributed by atoms with van der Waals surface area (Å²) in [4.78, 5) is 11.7. The molecule has 1 amide bonds. The Labute approximate surface area is 167 Å². The predicted molar refractivity (Wildman–Crippen MR) is 106 cm³/mol. The van der Waals surface area contributed by atoms with Crippen LogP contribution in [0.3, 0.4) is 0 Å². The molecule has 0 radical (unpaired) electrons. The van der Waals surface area contributed by atoms with Crippen LogP contribution in [0.25, 0.3) is 6.08 Å². The van der Waals surface area contributed by atoms with Crippen molar-refractivity contribution in [3.8, 4) is 5.75 Å². The van der Waals surface area contributed by atoms with E-state index in [4.69, 9.17) is 33.7 Å². The second kappa shape index (κ2) is 8.74. The van der Waals surface area contributed by atoms with Gasteiger partial charge in [-0.15, -0.1) is 0 Å². The molecule has 1 atom stereocenters. The molecule has 0 saturated heterocycles. The fourth-order valence-corrected chi connectivity index (χ4v) is 3.52. The van der Waals surface area contributed by atoms with Gasteiger partial charge in [0, 0.05) is 23.7 Å². The van der Waals surface area contributed by atoms with Crippen molar-refractivity contribution in [1.82, 2.24) is 5.32 Å². The van der Waals surface area contributed by atoms with Crippen LogP contribution in [-0.4, -0.2) is 25.6 Å². The van der Waals surface area contributed by atoms with E-state index in [1.807, 2.05) is 6.08 Å². The van der Waals surface area contributed by atoms with Crippen LogP contribution < -0.4 is 15.8 Å². The molecule has 1 heterocycles. The molecule has 142 valence electrons. The largest absolute Gasteiger partial charge is 0.487 e. The molecule has 3 rings (SSSR count). The second-order valence-electron chi connectivity index (χ2n) is 6.46. The average molecular weight is 409 g/mol. The zero-order chi connectivity index (χ0) is 19.4. The number of ether oxygens (including phenoxy) is 1. The van der Waals surface area contributed by atoms with Gasteiger partial charge in [0.05, 0.1) is 10.9 Å². The van der Waals surface area contributed by atoms with Crippen LogP contribution in [0.2, 0.25) is 10.0 Å². The number of halogens is 3. The topological polar surface area (TPSA) is 64.4 Å². The van der Waals surface area contributed by atoms with Crippen molar-refractivity contribution >= 4 is 35.2 Å². The minimum Gasteiger partial charge on any atom is -0.487 e. The molecule has 0 fully saturated rings. The molecule has 0 bridgehead atoms. The Balaban J connectivity index is 1.59. The highest BCUT2D eigenvalue weighted by Crippen LogP contribution is 2.36. The molecule has 1 aliphatic heterocycles. The van der Waals surface area contributed by atoms with Gasteiger partial charge >= 0.3 is 0 Å². The van der Waals surface area contributed by atoms with Crippen molar-refractivity contribution in [2.75, 3.05) is 19.7 Å². The molecule has 0 aromatic heterocycles. The van der Waals surface area contributed by atoms with E-state index in [0.717, 1.165) is 16.7 Å². The molecular weight excluding hydrogens is 390 g/mol. The van der Waals surface area contributed by atoms with E-state index in [-0.39, 0.29) is 5.82 Å². The summed E-state index contributed by atoms with van der Waals surface area (Å²) in [7, 11) is 0. The zero-order valence-corrected chi connectivity index (χ0v) is 16.0. The minimum absolute atomic E-state index is 0.308. The van der Waals surface area contributed by atoms with Crippen LogP contribution in [0.1, 0.15) is 11.1 Å². The van der Waals surface area contributed by atoms with Gasteiger partial charge in [-0.05, 0) is 47.9 Å². The number of nitrogens with one attached hydrogen (secondary N) is 1. The molecule has 0 saturated carbocycles. The van der Waals surface area contributed by atoms with Gasteiger partial charge in [-0.2, -0.15) is 0 Å². The van der Waals surface area contributed by atoms with Gasteiger partial charge in [0.15, 0.2) is 0 Å². The van der Waals surface area contributed by atoms with Crippen LogP contribution in [-0.2, 0) is 11.2 Å². The highest BCUT2D eigenvalue weighted by molar-refractivity contribution is 6.36. The van der Waals surface area contributed by atoms with Crippen molar-refractivity contribution in [3.63, 3.8) is 0 Å². The van der Waals surface area contributed by atoms with Crippen LogP contribution in [0.4, 0.5) is 4.39 Å². The van der Waals surface area contributed by atoms with E-state index in [1.54, 1.807) is 24.3 Å². The first-order valence-corrected chi connectivity index (χ1v) is 9.23. The molecule has 2 aromatic rings. The van der Waals surface area contributed by atoms with Crippen molar-refractivity contribution in [3.05, 3.63) is 69.0 Å². The van der Waals surface area contributed by atoms with Crippen molar-refractivity contribution < 1.29 is 13.9 Å². The van der Waals surface area contributed by atoms with Crippen molar-refractivity contribution in [1.29, 1.82) is 0 Å². The molecular formula is C20H19Cl2FN2O2. The number of hydrogen-bond acceptors (Lipinski definition) is 3. The zero-order valence-electron chi connectivity index (χ0n) is 14.5. The summed E-state index contributed by atoms with van der Waals surface area (Å²) in [6.45, 7) is 1.35. The van der Waals surface area contributed by atoms with E-state index < -0.39 is 11.8 Å². The van der Waals surface area contributed by atoms with E-state index >= 15 is 0 Å². The summed E-state index contributed by atoms with van der Waals surface area (Å²) >= 11 is 12.2. The second-order valence-corrected chi connectivity index (χ2v) is 7.30. The molecule has 3 N–H and O–H groups in total. The van der Waals surface area contributed by atoms with Gasteiger partial charge in [0.2, 0.25) is 5.91 Å². The van der Waals surface area contributed by atoms with Gasteiger partial charge in [-0.1, -0.05) is 35.3 Å². The Hall–Kier alpha value is -2.08. The lowest BCUT2D eigenvalue weighted by molar-refractivity contribution is -0.121. The molecule has 2 aromatic carbocycles. The van der Waals surface area contributed by atoms with Crippen LogP contribution in [0.15, 0.2) is 42.0 Å². The van der Waals surface area contributed by atoms with Gasteiger partial charge in [0.25, 0.3) is 0 Å². The third-order valence-corrected chi connectivity index (χ3v) is 4.84. The number of primary amides is 1. The first-order valence-electron chi connectivity index (χ1n) is 8.48. The van der Waals surface area contributed by atoms with Gasteiger partial charge in [-0.3, -0.25) is 4.79 Å². The summed E-state index contributed by atoms with van der Waals surface area (Å²) in [6, 6.07) is 9.51. The first kappa shape index (κ1) is 19.7. The fourth-order valence-electron chi connectivity index (χ4n) is 2.95. The number of amides is 1. The molecule has 0 unspecified atom stereocenters. The van der Waals surface area contributed by atoms with E-state index in [2.05, 4.69) is 5.32 Å². The maximum Gasteiger partial charge on any atom is 0.222 e. The Morgan fingerprint density at radius 1 is 1.26 bits per heavy atom. The smallest absolute Gasteiger partial charge is 0.222 e. The number of nitrogens with two attached hydrogens (primary N) is 1. The number of carbonyl (C=O) groups is 1. The number of carbonyl (C=O) groups excluding carboxylic acids is 1. The van der Waals surface area contributed by atoms with Crippen LogP contribution in [0.5, 0.6) is 5.75 Å². The number of hydrogen-bond donors (Lipinski definition) is 2. The maximum atomic E-state index is 13.0. The third-order valence-electron chi connectivity index (χ3n) is 4.34. The Kier molecular flexibility index (Phi) is 6.37. The first-order chi connectivity index (χ1) is 12.9. The molecule has 1 aliphatic rings. The van der Waals surface area contributed by atoms with Crippen molar-refractivity contribution in [2.24, 2.45) is 11.7 Å². The van der Waals surface area contributed by atoms with Gasteiger partial charge < -0.3 is 15.8 Å². The Morgan fingerprint density at radius 2 is 2.00 bits per heavy atom. The van der Waals surface area contributed by atoms with E-state index in [1.165, 1.54) is 12.1 Å².